The Bertz CT molecular complexity index is 516. The van der Waals surface area contributed by atoms with E-state index in [-0.39, 0.29) is 30.2 Å². The number of benzene rings is 1. The third-order valence-corrected chi connectivity index (χ3v) is 4.00. The normalized spacial score (nSPS) is 19.7. The predicted molar refractivity (Wildman–Crippen MR) is 84.4 cm³/mol. The molecule has 0 saturated carbocycles. The molecule has 1 aliphatic rings. The van der Waals surface area contributed by atoms with Crippen LogP contribution in [0.15, 0.2) is 24.3 Å². The first-order valence-electron chi connectivity index (χ1n) is 7.37. The molecule has 1 aliphatic heterocycles. The number of carbonyl (C=O) groups is 2. The minimum absolute atomic E-state index is 0.0133. The summed E-state index contributed by atoms with van der Waals surface area (Å²) in [5.74, 6) is -0.311. The number of hydrogen-bond donors (Lipinski definition) is 1. The average molecular weight is 309 g/mol. The van der Waals surface area contributed by atoms with Crippen molar-refractivity contribution in [1.29, 1.82) is 0 Å². The second kappa shape index (κ2) is 6.94. The van der Waals surface area contributed by atoms with Gasteiger partial charge in [-0.25, -0.2) is 0 Å². The Kier molecular flexibility index (Phi) is 5.23. The third-order valence-electron chi connectivity index (χ3n) is 3.74. The molecule has 5 heteroatoms. The zero-order valence-electron chi connectivity index (χ0n) is 12.4. The molecular weight excluding hydrogens is 288 g/mol. The summed E-state index contributed by atoms with van der Waals surface area (Å²) in [7, 11) is 0. The van der Waals surface area contributed by atoms with Gasteiger partial charge in [0.25, 0.3) is 0 Å². The molecule has 114 valence electrons. The maximum atomic E-state index is 12.2. The van der Waals surface area contributed by atoms with Crippen molar-refractivity contribution in [2.24, 2.45) is 5.92 Å². The fraction of sp³-hybridized carbons (Fsp3) is 0.500. The molecule has 1 heterocycles. The second-order valence-electron chi connectivity index (χ2n) is 5.58. The molecule has 0 spiro atoms. The van der Waals surface area contributed by atoms with E-state index in [0.717, 1.165) is 18.5 Å². The topological polar surface area (TPSA) is 49.4 Å². The largest absolute Gasteiger partial charge is 0.353 e. The molecule has 0 unspecified atom stereocenters. The highest BCUT2D eigenvalue weighted by molar-refractivity contribution is 6.30. The fourth-order valence-corrected chi connectivity index (χ4v) is 2.75. The summed E-state index contributed by atoms with van der Waals surface area (Å²) in [5.41, 5.74) is 0.793. The number of halogens is 1. The van der Waals surface area contributed by atoms with E-state index >= 15 is 0 Å². The van der Waals surface area contributed by atoms with Gasteiger partial charge in [0.05, 0.1) is 5.92 Å². The lowest BCUT2D eigenvalue weighted by Crippen LogP contribution is -2.38. The molecule has 0 aromatic heterocycles. The van der Waals surface area contributed by atoms with Crippen molar-refractivity contribution >= 4 is 29.1 Å². The van der Waals surface area contributed by atoms with E-state index in [1.165, 1.54) is 0 Å². The Hall–Kier alpha value is -1.55. The van der Waals surface area contributed by atoms with Crippen molar-refractivity contribution in [3.05, 3.63) is 29.3 Å². The zero-order valence-corrected chi connectivity index (χ0v) is 13.2. The van der Waals surface area contributed by atoms with Crippen LogP contribution in [0.4, 0.5) is 5.69 Å². The summed E-state index contributed by atoms with van der Waals surface area (Å²) >= 11 is 5.85. The lowest BCUT2D eigenvalue weighted by atomic mass is 10.1. The highest BCUT2D eigenvalue weighted by Crippen LogP contribution is 2.26. The predicted octanol–water partition coefficient (Wildman–Crippen LogP) is 3.00. The Labute approximate surface area is 130 Å². The van der Waals surface area contributed by atoms with E-state index in [2.05, 4.69) is 12.2 Å². The second-order valence-corrected chi connectivity index (χ2v) is 6.02. The molecule has 1 fully saturated rings. The Morgan fingerprint density at radius 2 is 2.10 bits per heavy atom. The molecule has 1 N–H and O–H groups in total. The van der Waals surface area contributed by atoms with E-state index in [1.807, 2.05) is 6.92 Å². The van der Waals surface area contributed by atoms with E-state index in [1.54, 1.807) is 29.2 Å². The molecule has 2 atom stereocenters. The lowest BCUT2D eigenvalue weighted by molar-refractivity contribution is -0.126. The number of amides is 2. The van der Waals surface area contributed by atoms with Gasteiger partial charge in [0.1, 0.15) is 0 Å². The van der Waals surface area contributed by atoms with Crippen LogP contribution in [0.3, 0.4) is 0 Å². The van der Waals surface area contributed by atoms with Crippen molar-refractivity contribution in [2.75, 3.05) is 11.4 Å². The molecule has 1 saturated heterocycles. The van der Waals surface area contributed by atoms with Gasteiger partial charge in [-0.15, -0.1) is 0 Å². The number of nitrogens with zero attached hydrogens (tertiary/aromatic N) is 1. The maximum Gasteiger partial charge on any atom is 0.227 e. The number of anilines is 1. The van der Waals surface area contributed by atoms with E-state index in [0.29, 0.717) is 11.6 Å². The van der Waals surface area contributed by atoms with Crippen molar-refractivity contribution in [1.82, 2.24) is 5.32 Å². The SMILES string of the molecule is CCC[C@H](C)NC(=O)[C@@H]1CC(=O)N(c2ccc(Cl)cc2)C1. The summed E-state index contributed by atoms with van der Waals surface area (Å²) < 4.78 is 0. The average Bonchev–Trinajstić information content (AvgIpc) is 2.82. The molecule has 0 bridgehead atoms. The van der Waals surface area contributed by atoms with Gasteiger partial charge in [0.2, 0.25) is 11.8 Å². The summed E-state index contributed by atoms with van der Waals surface area (Å²) in [4.78, 5) is 26.0. The van der Waals surface area contributed by atoms with Crippen LogP contribution in [0, 0.1) is 5.92 Å². The van der Waals surface area contributed by atoms with Gasteiger partial charge in [-0.1, -0.05) is 24.9 Å². The number of nitrogens with one attached hydrogen (secondary N) is 1. The van der Waals surface area contributed by atoms with Crippen LogP contribution >= 0.6 is 11.6 Å². The first-order chi connectivity index (χ1) is 10.0. The fourth-order valence-electron chi connectivity index (χ4n) is 2.62. The van der Waals surface area contributed by atoms with Crippen LogP contribution in [0.2, 0.25) is 5.02 Å². The summed E-state index contributed by atoms with van der Waals surface area (Å²) in [6.45, 7) is 4.52. The third kappa shape index (κ3) is 3.97. The van der Waals surface area contributed by atoms with Gasteiger partial charge in [0, 0.05) is 29.7 Å². The van der Waals surface area contributed by atoms with E-state index < -0.39 is 0 Å². The van der Waals surface area contributed by atoms with Gasteiger partial charge < -0.3 is 10.2 Å². The minimum Gasteiger partial charge on any atom is -0.353 e. The highest BCUT2D eigenvalue weighted by atomic mass is 35.5. The van der Waals surface area contributed by atoms with Gasteiger partial charge in [-0.05, 0) is 37.6 Å². The Morgan fingerprint density at radius 1 is 1.43 bits per heavy atom. The first kappa shape index (κ1) is 15.8. The molecule has 1 aromatic rings. The standard InChI is InChI=1S/C16H21ClN2O2/c1-3-4-11(2)18-16(21)12-9-15(20)19(10-12)14-7-5-13(17)6-8-14/h5-8,11-12H,3-4,9-10H2,1-2H3,(H,18,21)/t11-,12+/m0/s1. The molecule has 1 aromatic carbocycles. The van der Waals surface area contributed by atoms with Gasteiger partial charge in [-0.3, -0.25) is 9.59 Å². The van der Waals surface area contributed by atoms with E-state index in [4.69, 9.17) is 11.6 Å². The van der Waals surface area contributed by atoms with Crippen LogP contribution in [-0.4, -0.2) is 24.4 Å². The van der Waals surface area contributed by atoms with Crippen molar-refractivity contribution in [3.63, 3.8) is 0 Å². The van der Waals surface area contributed by atoms with Crippen LogP contribution in [0.25, 0.3) is 0 Å². The van der Waals surface area contributed by atoms with Crippen LogP contribution < -0.4 is 10.2 Å². The summed E-state index contributed by atoms with van der Waals surface area (Å²) in [5, 5.41) is 3.62. The molecular formula is C16H21ClN2O2. The summed E-state index contributed by atoms with van der Waals surface area (Å²) in [6.07, 6.45) is 2.25. The number of rotatable bonds is 5. The Balaban J connectivity index is 1.99. The van der Waals surface area contributed by atoms with Crippen LogP contribution in [-0.2, 0) is 9.59 Å². The van der Waals surface area contributed by atoms with Crippen molar-refractivity contribution in [3.8, 4) is 0 Å². The number of hydrogen-bond acceptors (Lipinski definition) is 2. The van der Waals surface area contributed by atoms with Gasteiger partial charge in [-0.2, -0.15) is 0 Å². The van der Waals surface area contributed by atoms with Crippen molar-refractivity contribution in [2.45, 2.75) is 39.2 Å². The smallest absolute Gasteiger partial charge is 0.227 e. The van der Waals surface area contributed by atoms with Crippen LogP contribution in [0.1, 0.15) is 33.1 Å². The molecule has 0 aliphatic carbocycles. The molecule has 2 rings (SSSR count). The highest BCUT2D eigenvalue weighted by Gasteiger charge is 2.35. The Morgan fingerprint density at radius 3 is 2.71 bits per heavy atom. The monoisotopic (exact) mass is 308 g/mol. The lowest BCUT2D eigenvalue weighted by Gasteiger charge is -2.18. The quantitative estimate of drug-likeness (QED) is 0.909. The van der Waals surface area contributed by atoms with E-state index in [9.17, 15) is 9.59 Å². The number of carbonyl (C=O) groups excluding carboxylic acids is 2. The van der Waals surface area contributed by atoms with Gasteiger partial charge >= 0.3 is 0 Å². The first-order valence-corrected chi connectivity index (χ1v) is 7.75. The van der Waals surface area contributed by atoms with Gasteiger partial charge in [0.15, 0.2) is 0 Å². The molecule has 21 heavy (non-hydrogen) atoms. The van der Waals surface area contributed by atoms with Crippen molar-refractivity contribution < 1.29 is 9.59 Å². The molecule has 2 amide bonds. The summed E-state index contributed by atoms with van der Waals surface area (Å²) in [6, 6.07) is 7.27. The van der Waals surface area contributed by atoms with Crippen LogP contribution in [0.5, 0.6) is 0 Å². The molecule has 0 radical (unpaired) electrons. The maximum absolute atomic E-state index is 12.2. The zero-order chi connectivity index (χ0) is 15.4. The molecule has 4 nitrogen and oxygen atoms in total. The minimum atomic E-state index is -0.271.